The largest absolute Gasteiger partial charge is 0.326 e. The molecule has 1 aliphatic rings. The van der Waals surface area contributed by atoms with E-state index in [1.165, 1.54) is 25.1 Å². The summed E-state index contributed by atoms with van der Waals surface area (Å²) in [5, 5.41) is 0.0651. The molecule has 0 spiro atoms. The number of nitrogens with one attached hydrogen (secondary N) is 1. The van der Waals surface area contributed by atoms with Crippen LogP contribution in [0.5, 0.6) is 0 Å². The number of hydrogen-bond donors (Lipinski definition) is 2. The Kier molecular flexibility index (Phi) is 4.54. The van der Waals surface area contributed by atoms with Crippen LogP contribution in [0.2, 0.25) is 0 Å². The summed E-state index contributed by atoms with van der Waals surface area (Å²) >= 11 is 0. The molecule has 3 N–H and O–H groups in total. The first-order valence-electron chi connectivity index (χ1n) is 6.67. The normalized spacial score (nSPS) is 23.7. The van der Waals surface area contributed by atoms with Crippen molar-refractivity contribution in [2.45, 2.75) is 37.8 Å². The van der Waals surface area contributed by atoms with Gasteiger partial charge in [0.1, 0.15) is 0 Å². The fourth-order valence-electron chi connectivity index (χ4n) is 2.51. The summed E-state index contributed by atoms with van der Waals surface area (Å²) in [6, 6.07) is 3.20. The maximum atomic E-state index is 12.1. The first-order valence-corrected chi connectivity index (χ1v) is 8.16. The second kappa shape index (κ2) is 5.98. The van der Waals surface area contributed by atoms with Crippen LogP contribution in [0, 0.1) is 11.8 Å². The van der Waals surface area contributed by atoms with Crippen molar-refractivity contribution in [1.29, 1.82) is 0 Å². The first kappa shape index (κ1) is 14.4. The number of sulfonamides is 1. The molecule has 19 heavy (non-hydrogen) atoms. The molecule has 2 unspecified atom stereocenters. The molecule has 0 aromatic carbocycles. The van der Waals surface area contributed by atoms with E-state index in [1.54, 1.807) is 6.07 Å². The average molecular weight is 283 g/mol. The predicted octanol–water partition coefficient (Wildman–Crippen LogP) is 1.25. The SMILES string of the molecule is CC1CCCC1CNS(=O)(=O)c1ccc(CN)cn1. The van der Waals surface area contributed by atoms with Gasteiger partial charge in [-0.15, -0.1) is 0 Å². The van der Waals surface area contributed by atoms with Gasteiger partial charge in [0, 0.05) is 19.3 Å². The van der Waals surface area contributed by atoms with Crippen molar-refractivity contribution >= 4 is 10.0 Å². The highest BCUT2D eigenvalue weighted by Gasteiger charge is 2.25. The molecule has 1 fully saturated rings. The average Bonchev–Trinajstić information content (AvgIpc) is 2.82. The zero-order valence-corrected chi connectivity index (χ0v) is 12.0. The third-order valence-electron chi connectivity index (χ3n) is 3.88. The van der Waals surface area contributed by atoms with Crippen LogP contribution >= 0.6 is 0 Å². The molecule has 1 heterocycles. The molecule has 1 aliphatic carbocycles. The van der Waals surface area contributed by atoms with Crippen molar-refractivity contribution in [3.63, 3.8) is 0 Å². The molecule has 0 saturated heterocycles. The Morgan fingerprint density at radius 1 is 1.42 bits per heavy atom. The van der Waals surface area contributed by atoms with Gasteiger partial charge in [0.15, 0.2) is 5.03 Å². The second-order valence-electron chi connectivity index (χ2n) is 5.23. The predicted molar refractivity (Wildman–Crippen MR) is 73.8 cm³/mol. The summed E-state index contributed by atoms with van der Waals surface area (Å²) in [5.41, 5.74) is 6.28. The Bertz CT molecular complexity index is 513. The van der Waals surface area contributed by atoms with E-state index in [-0.39, 0.29) is 5.03 Å². The Labute approximate surface area is 114 Å². The molecular weight excluding hydrogens is 262 g/mol. The fraction of sp³-hybridized carbons (Fsp3) is 0.615. The summed E-state index contributed by atoms with van der Waals surface area (Å²) in [7, 11) is -3.50. The van der Waals surface area contributed by atoms with Crippen LogP contribution in [0.15, 0.2) is 23.4 Å². The lowest BCUT2D eigenvalue weighted by Gasteiger charge is -2.15. The van der Waals surface area contributed by atoms with Gasteiger partial charge in [0.25, 0.3) is 10.0 Å². The highest BCUT2D eigenvalue weighted by molar-refractivity contribution is 7.89. The molecule has 0 radical (unpaired) electrons. The number of pyridine rings is 1. The molecule has 0 bridgehead atoms. The fourth-order valence-corrected chi connectivity index (χ4v) is 3.53. The molecule has 5 nitrogen and oxygen atoms in total. The monoisotopic (exact) mass is 283 g/mol. The second-order valence-corrected chi connectivity index (χ2v) is 6.94. The number of nitrogens with two attached hydrogens (primary N) is 1. The molecule has 0 amide bonds. The van der Waals surface area contributed by atoms with Gasteiger partial charge in [-0.05, 0) is 29.9 Å². The maximum Gasteiger partial charge on any atom is 0.258 e. The summed E-state index contributed by atoms with van der Waals surface area (Å²) in [4.78, 5) is 3.95. The van der Waals surface area contributed by atoms with Crippen molar-refractivity contribution in [1.82, 2.24) is 9.71 Å². The van der Waals surface area contributed by atoms with Gasteiger partial charge in [-0.3, -0.25) is 0 Å². The number of rotatable bonds is 5. The topological polar surface area (TPSA) is 85.1 Å². The Hall–Kier alpha value is -0.980. The van der Waals surface area contributed by atoms with Crippen LogP contribution in [0.25, 0.3) is 0 Å². The van der Waals surface area contributed by atoms with Gasteiger partial charge in [0.05, 0.1) is 0 Å². The third-order valence-corrected chi connectivity index (χ3v) is 5.22. The molecule has 1 aromatic heterocycles. The molecule has 1 saturated carbocycles. The van der Waals surface area contributed by atoms with Crippen molar-refractivity contribution in [2.75, 3.05) is 6.54 Å². The lowest BCUT2D eigenvalue weighted by Crippen LogP contribution is -2.30. The number of aromatic nitrogens is 1. The van der Waals surface area contributed by atoms with Crippen LogP contribution < -0.4 is 10.5 Å². The minimum Gasteiger partial charge on any atom is -0.326 e. The highest BCUT2D eigenvalue weighted by Crippen LogP contribution is 2.30. The number of nitrogens with zero attached hydrogens (tertiary/aromatic N) is 1. The number of hydrogen-bond acceptors (Lipinski definition) is 4. The Morgan fingerprint density at radius 2 is 2.21 bits per heavy atom. The van der Waals surface area contributed by atoms with E-state index in [9.17, 15) is 8.42 Å². The van der Waals surface area contributed by atoms with Crippen LogP contribution in [0.1, 0.15) is 31.7 Å². The minimum atomic E-state index is -3.50. The molecule has 106 valence electrons. The van der Waals surface area contributed by atoms with E-state index >= 15 is 0 Å². The van der Waals surface area contributed by atoms with E-state index in [1.807, 2.05) is 0 Å². The summed E-state index contributed by atoms with van der Waals surface area (Å²) < 4.78 is 26.8. The molecular formula is C13H21N3O2S. The van der Waals surface area contributed by atoms with Gasteiger partial charge in [-0.1, -0.05) is 25.8 Å². The lowest BCUT2D eigenvalue weighted by molar-refractivity contribution is 0.414. The molecule has 0 aliphatic heterocycles. The Balaban J connectivity index is 2.01. The van der Waals surface area contributed by atoms with Gasteiger partial charge in [-0.2, -0.15) is 0 Å². The molecule has 2 rings (SSSR count). The summed E-state index contributed by atoms with van der Waals surface area (Å²) in [5.74, 6) is 1.04. The lowest BCUT2D eigenvalue weighted by atomic mass is 9.99. The van der Waals surface area contributed by atoms with Crippen molar-refractivity contribution in [2.24, 2.45) is 17.6 Å². The highest BCUT2D eigenvalue weighted by atomic mass is 32.2. The van der Waals surface area contributed by atoms with Crippen LogP contribution in [-0.2, 0) is 16.6 Å². The quantitative estimate of drug-likeness (QED) is 0.852. The van der Waals surface area contributed by atoms with Crippen molar-refractivity contribution < 1.29 is 8.42 Å². The van der Waals surface area contributed by atoms with Gasteiger partial charge < -0.3 is 5.73 Å². The van der Waals surface area contributed by atoms with E-state index in [2.05, 4.69) is 16.6 Å². The summed E-state index contributed by atoms with van der Waals surface area (Å²) in [6.07, 6.45) is 4.99. The minimum absolute atomic E-state index is 0.0651. The van der Waals surface area contributed by atoms with E-state index < -0.39 is 10.0 Å². The van der Waals surface area contributed by atoms with Crippen LogP contribution in [-0.4, -0.2) is 19.9 Å². The molecule has 1 aromatic rings. The maximum absolute atomic E-state index is 12.1. The van der Waals surface area contributed by atoms with Crippen LogP contribution in [0.4, 0.5) is 0 Å². The Morgan fingerprint density at radius 3 is 2.74 bits per heavy atom. The standard InChI is InChI=1S/C13H21N3O2S/c1-10-3-2-4-12(10)9-16-19(17,18)13-6-5-11(7-14)8-15-13/h5-6,8,10,12,16H,2-4,7,9,14H2,1H3. The van der Waals surface area contributed by atoms with Crippen LogP contribution in [0.3, 0.4) is 0 Å². The van der Waals surface area contributed by atoms with Crippen molar-refractivity contribution in [3.05, 3.63) is 23.9 Å². The molecule has 2 atom stereocenters. The third kappa shape index (κ3) is 3.52. The van der Waals surface area contributed by atoms with Gasteiger partial charge in [-0.25, -0.2) is 18.1 Å². The zero-order chi connectivity index (χ0) is 13.9. The van der Waals surface area contributed by atoms with Gasteiger partial charge in [0.2, 0.25) is 0 Å². The zero-order valence-electron chi connectivity index (χ0n) is 11.2. The molecule has 6 heteroatoms. The van der Waals surface area contributed by atoms with E-state index in [4.69, 9.17) is 5.73 Å². The summed E-state index contributed by atoms with van der Waals surface area (Å²) in [6.45, 7) is 3.05. The van der Waals surface area contributed by atoms with E-state index in [0.29, 0.717) is 24.9 Å². The van der Waals surface area contributed by atoms with E-state index in [0.717, 1.165) is 12.0 Å². The first-order chi connectivity index (χ1) is 9.03. The smallest absolute Gasteiger partial charge is 0.258 e. The van der Waals surface area contributed by atoms with Crippen molar-refractivity contribution in [3.8, 4) is 0 Å². The van der Waals surface area contributed by atoms with Gasteiger partial charge >= 0.3 is 0 Å².